The number of carbonyl (C=O) groups is 2. The topological polar surface area (TPSA) is 88.4 Å². The first-order chi connectivity index (χ1) is 10.1. The van der Waals surface area contributed by atoms with Gasteiger partial charge in [-0.25, -0.2) is 9.50 Å². The molecule has 21 heavy (non-hydrogen) atoms. The number of aromatic nitrogens is 3. The number of fused-ring (bicyclic) bond motifs is 1. The van der Waals surface area contributed by atoms with Gasteiger partial charge in [-0.05, 0) is 32.8 Å². The van der Waals surface area contributed by atoms with Crippen LogP contribution >= 0.6 is 0 Å². The third-order valence-electron chi connectivity index (χ3n) is 3.61. The normalized spacial score (nSPS) is 18.6. The van der Waals surface area contributed by atoms with Crippen molar-refractivity contribution in [1.82, 2.24) is 25.2 Å². The quantitative estimate of drug-likeness (QED) is 0.834. The first kappa shape index (κ1) is 13.5. The molecule has 1 saturated heterocycles. The fourth-order valence-electron chi connectivity index (χ4n) is 2.58. The summed E-state index contributed by atoms with van der Waals surface area (Å²) in [5.74, 6) is -0.448. The first-order valence-corrected chi connectivity index (χ1v) is 6.97. The maximum atomic E-state index is 12.4. The van der Waals surface area contributed by atoms with Gasteiger partial charge in [-0.2, -0.15) is 5.10 Å². The van der Waals surface area contributed by atoms with Crippen LogP contribution in [0.1, 0.15) is 34.6 Å². The van der Waals surface area contributed by atoms with Crippen molar-refractivity contribution < 1.29 is 9.59 Å². The average molecular weight is 287 g/mol. The second kappa shape index (κ2) is 5.16. The second-order valence-corrected chi connectivity index (χ2v) is 5.29. The van der Waals surface area contributed by atoms with Gasteiger partial charge in [0.05, 0.1) is 6.20 Å². The number of aryl methyl sites for hydroxylation is 2. The van der Waals surface area contributed by atoms with Crippen molar-refractivity contribution in [3.63, 3.8) is 0 Å². The number of nitrogens with zero attached hydrogens (tertiary/aromatic N) is 3. The minimum atomic E-state index is -0.480. The molecule has 3 rings (SSSR count). The van der Waals surface area contributed by atoms with Crippen molar-refractivity contribution in [1.29, 1.82) is 0 Å². The Morgan fingerprint density at radius 3 is 3.05 bits per heavy atom. The van der Waals surface area contributed by atoms with Gasteiger partial charge in [-0.15, -0.1) is 0 Å². The second-order valence-electron chi connectivity index (χ2n) is 5.29. The number of rotatable bonds is 2. The molecule has 0 bridgehead atoms. The average Bonchev–Trinajstić information content (AvgIpc) is 2.85. The molecule has 2 aromatic rings. The molecule has 0 radical (unpaired) electrons. The van der Waals surface area contributed by atoms with E-state index in [0.717, 1.165) is 17.8 Å². The molecule has 1 fully saturated rings. The van der Waals surface area contributed by atoms with E-state index >= 15 is 0 Å². The number of hydrogen-bond donors (Lipinski definition) is 2. The Morgan fingerprint density at radius 2 is 2.29 bits per heavy atom. The van der Waals surface area contributed by atoms with Crippen LogP contribution in [0.5, 0.6) is 0 Å². The predicted molar refractivity (Wildman–Crippen MR) is 76.0 cm³/mol. The molecular weight excluding hydrogens is 270 g/mol. The van der Waals surface area contributed by atoms with Gasteiger partial charge in [0.1, 0.15) is 11.6 Å². The molecule has 1 aliphatic rings. The van der Waals surface area contributed by atoms with Crippen molar-refractivity contribution in [2.75, 3.05) is 6.54 Å². The van der Waals surface area contributed by atoms with E-state index in [-0.39, 0.29) is 11.8 Å². The maximum absolute atomic E-state index is 12.4. The third-order valence-corrected chi connectivity index (χ3v) is 3.61. The van der Waals surface area contributed by atoms with Crippen LogP contribution in [-0.2, 0) is 4.79 Å². The Balaban J connectivity index is 1.89. The lowest BCUT2D eigenvalue weighted by Gasteiger charge is -2.22. The summed E-state index contributed by atoms with van der Waals surface area (Å²) in [5, 5.41) is 9.69. The zero-order valence-corrected chi connectivity index (χ0v) is 12.0. The fourth-order valence-corrected chi connectivity index (χ4v) is 2.58. The SMILES string of the molecule is Cc1cc(C)n2ncc(C(=O)NC3CCCNC3=O)c2n1. The van der Waals surface area contributed by atoms with Crippen molar-refractivity contribution in [2.24, 2.45) is 0 Å². The Kier molecular flexibility index (Phi) is 3.32. The lowest BCUT2D eigenvalue weighted by atomic mass is 10.1. The Morgan fingerprint density at radius 1 is 1.48 bits per heavy atom. The van der Waals surface area contributed by atoms with Crippen LogP contribution in [0, 0.1) is 13.8 Å². The van der Waals surface area contributed by atoms with E-state index in [1.54, 1.807) is 4.52 Å². The fraction of sp³-hybridized carbons (Fsp3) is 0.429. The summed E-state index contributed by atoms with van der Waals surface area (Å²) in [6, 6.07) is 1.42. The van der Waals surface area contributed by atoms with Gasteiger partial charge in [0.2, 0.25) is 5.91 Å². The van der Waals surface area contributed by atoms with Gasteiger partial charge in [-0.3, -0.25) is 9.59 Å². The van der Waals surface area contributed by atoms with Crippen LogP contribution in [0.4, 0.5) is 0 Å². The molecule has 1 atom stereocenters. The summed E-state index contributed by atoms with van der Waals surface area (Å²) in [4.78, 5) is 28.4. The summed E-state index contributed by atoms with van der Waals surface area (Å²) < 4.78 is 1.63. The number of hydrogen-bond acceptors (Lipinski definition) is 4. The van der Waals surface area contributed by atoms with Crippen molar-refractivity contribution in [3.05, 3.63) is 29.2 Å². The standard InChI is InChI=1S/C14H17N5O2/c1-8-6-9(2)19-12(17-8)10(7-16-19)13(20)18-11-4-3-5-15-14(11)21/h6-7,11H,3-5H2,1-2H3,(H,15,21)(H,18,20). The van der Waals surface area contributed by atoms with Crippen molar-refractivity contribution in [2.45, 2.75) is 32.7 Å². The first-order valence-electron chi connectivity index (χ1n) is 6.97. The van der Waals surface area contributed by atoms with Crippen LogP contribution in [-0.4, -0.2) is 39.0 Å². The van der Waals surface area contributed by atoms with Gasteiger partial charge in [0, 0.05) is 17.9 Å². The smallest absolute Gasteiger partial charge is 0.257 e. The lowest BCUT2D eigenvalue weighted by molar-refractivity contribution is -0.124. The number of amides is 2. The van der Waals surface area contributed by atoms with Crippen LogP contribution in [0.25, 0.3) is 5.65 Å². The highest BCUT2D eigenvalue weighted by Crippen LogP contribution is 2.13. The molecule has 0 aliphatic carbocycles. The molecule has 0 saturated carbocycles. The van der Waals surface area contributed by atoms with Crippen LogP contribution in [0.2, 0.25) is 0 Å². The number of carbonyl (C=O) groups excluding carboxylic acids is 2. The molecule has 110 valence electrons. The van der Waals surface area contributed by atoms with Crippen molar-refractivity contribution >= 4 is 17.5 Å². The summed E-state index contributed by atoms with van der Waals surface area (Å²) in [5.41, 5.74) is 2.64. The summed E-state index contributed by atoms with van der Waals surface area (Å²) in [6.07, 6.45) is 3.01. The highest BCUT2D eigenvalue weighted by molar-refractivity contribution is 6.02. The minimum absolute atomic E-state index is 0.133. The number of piperidine rings is 1. The van der Waals surface area contributed by atoms with Crippen LogP contribution < -0.4 is 10.6 Å². The molecule has 1 aliphatic heterocycles. The number of nitrogens with one attached hydrogen (secondary N) is 2. The molecule has 2 amide bonds. The minimum Gasteiger partial charge on any atom is -0.354 e. The third kappa shape index (κ3) is 2.46. The van der Waals surface area contributed by atoms with E-state index in [9.17, 15) is 9.59 Å². The highest BCUT2D eigenvalue weighted by atomic mass is 16.2. The predicted octanol–water partition coefficient (Wildman–Crippen LogP) is 0.355. The zero-order chi connectivity index (χ0) is 15.0. The van der Waals surface area contributed by atoms with Gasteiger partial charge >= 0.3 is 0 Å². The lowest BCUT2D eigenvalue weighted by Crippen LogP contribution is -2.50. The molecular formula is C14H17N5O2. The molecule has 0 aromatic carbocycles. The molecule has 7 nitrogen and oxygen atoms in total. The van der Waals surface area contributed by atoms with E-state index in [1.807, 2.05) is 19.9 Å². The molecule has 0 spiro atoms. The van der Waals surface area contributed by atoms with Crippen LogP contribution in [0.3, 0.4) is 0 Å². The van der Waals surface area contributed by atoms with E-state index < -0.39 is 6.04 Å². The monoisotopic (exact) mass is 287 g/mol. The molecule has 3 heterocycles. The summed E-state index contributed by atoms with van der Waals surface area (Å²) in [6.45, 7) is 4.45. The van der Waals surface area contributed by atoms with Crippen LogP contribution in [0.15, 0.2) is 12.3 Å². The molecule has 2 aromatic heterocycles. The molecule has 2 N–H and O–H groups in total. The van der Waals surface area contributed by atoms with E-state index in [1.165, 1.54) is 6.20 Å². The Hall–Kier alpha value is -2.44. The maximum Gasteiger partial charge on any atom is 0.257 e. The van der Waals surface area contributed by atoms with E-state index in [0.29, 0.717) is 24.2 Å². The summed E-state index contributed by atoms with van der Waals surface area (Å²) in [7, 11) is 0. The van der Waals surface area contributed by atoms with Gasteiger partial charge in [0.15, 0.2) is 5.65 Å². The van der Waals surface area contributed by atoms with E-state index in [4.69, 9.17) is 0 Å². The molecule has 7 heteroatoms. The molecule has 1 unspecified atom stereocenters. The highest BCUT2D eigenvalue weighted by Gasteiger charge is 2.25. The van der Waals surface area contributed by atoms with Gasteiger partial charge in [0.25, 0.3) is 5.91 Å². The van der Waals surface area contributed by atoms with Gasteiger partial charge in [-0.1, -0.05) is 0 Å². The largest absolute Gasteiger partial charge is 0.354 e. The van der Waals surface area contributed by atoms with Crippen molar-refractivity contribution in [3.8, 4) is 0 Å². The Bertz CT molecular complexity index is 721. The van der Waals surface area contributed by atoms with E-state index in [2.05, 4.69) is 20.7 Å². The Labute approximate surface area is 121 Å². The van der Waals surface area contributed by atoms with Gasteiger partial charge < -0.3 is 10.6 Å². The zero-order valence-electron chi connectivity index (χ0n) is 12.0. The summed E-state index contributed by atoms with van der Waals surface area (Å²) >= 11 is 0.